The summed E-state index contributed by atoms with van der Waals surface area (Å²) in [4.78, 5) is 7.55. The van der Waals surface area contributed by atoms with Crippen molar-refractivity contribution in [3.05, 3.63) is 71.4 Å². The van der Waals surface area contributed by atoms with Gasteiger partial charge in [0.25, 0.3) is 0 Å². The van der Waals surface area contributed by atoms with Crippen LogP contribution in [0, 0.1) is 5.82 Å². The maximum Gasteiger partial charge on any atom is 0.190 e. The Morgan fingerprint density at radius 2 is 1.97 bits per heavy atom. The van der Waals surface area contributed by atoms with E-state index >= 15 is 4.39 Å². The summed E-state index contributed by atoms with van der Waals surface area (Å²) < 4.78 is 26.1. The molecular weight excluding hydrogens is 435 g/mol. The van der Waals surface area contributed by atoms with E-state index in [2.05, 4.69) is 20.6 Å². The Labute approximate surface area is 196 Å². The number of nitrogens with zero attached hydrogens (tertiary/aromatic N) is 1. The Balaban J connectivity index is 1.32. The number of aliphatic hydroxyl groups excluding tert-OH is 1. The predicted molar refractivity (Wildman–Crippen MR) is 131 cm³/mol. The normalized spacial score (nSPS) is 14.8. The van der Waals surface area contributed by atoms with Crippen molar-refractivity contribution in [2.75, 3.05) is 31.4 Å². The van der Waals surface area contributed by atoms with Crippen molar-refractivity contribution in [2.24, 2.45) is 0 Å². The van der Waals surface area contributed by atoms with E-state index in [0.29, 0.717) is 36.5 Å². The van der Waals surface area contributed by atoms with Crippen LogP contribution in [-0.2, 0) is 12.8 Å². The number of nitrogens with one attached hydrogen (secondary N) is 3. The lowest BCUT2D eigenvalue weighted by Gasteiger charge is -2.17. The van der Waals surface area contributed by atoms with E-state index in [-0.39, 0.29) is 5.75 Å². The number of aliphatic hydroxyl groups is 1. The Bertz CT molecular complexity index is 1340. The first-order chi connectivity index (χ1) is 16.6. The number of pyridine rings is 1. The van der Waals surface area contributed by atoms with Crippen LogP contribution in [0.3, 0.4) is 0 Å². The average molecular weight is 463 g/mol. The van der Waals surface area contributed by atoms with Crippen molar-refractivity contribution in [3.8, 4) is 11.5 Å². The zero-order valence-corrected chi connectivity index (χ0v) is 19.1. The number of hydrogen-bond acceptors (Lipinski definition) is 6. The maximum absolute atomic E-state index is 15.3. The highest BCUT2D eigenvalue weighted by atomic mass is 19.1. The highest BCUT2D eigenvalue weighted by Crippen LogP contribution is 2.39. The van der Waals surface area contributed by atoms with E-state index in [1.807, 2.05) is 30.5 Å². The number of methoxy groups -OCH3 is 2. The van der Waals surface area contributed by atoms with E-state index in [4.69, 9.17) is 9.47 Å². The molecule has 0 radical (unpaired) electrons. The number of benzene rings is 2. The molecule has 176 valence electrons. The summed E-state index contributed by atoms with van der Waals surface area (Å²) in [6, 6.07) is 11.2. The van der Waals surface area contributed by atoms with Gasteiger partial charge in [-0.15, -0.1) is 0 Å². The SMILES string of the molecule is COc1c(Nc2ccnc3c2CC[C@@H]3O)ccc(NCCc2c[nH]c3c(OC)cccc23)c1F. The summed E-state index contributed by atoms with van der Waals surface area (Å²) in [5.41, 5.74) is 5.40. The second-order valence-electron chi connectivity index (χ2n) is 8.28. The van der Waals surface area contributed by atoms with E-state index in [1.165, 1.54) is 7.11 Å². The molecule has 7 nitrogen and oxygen atoms in total. The minimum Gasteiger partial charge on any atom is -0.495 e. The van der Waals surface area contributed by atoms with E-state index < -0.39 is 11.9 Å². The van der Waals surface area contributed by atoms with Gasteiger partial charge in [-0.2, -0.15) is 0 Å². The number of para-hydroxylation sites is 1. The van der Waals surface area contributed by atoms with Crippen LogP contribution in [0.25, 0.3) is 10.9 Å². The van der Waals surface area contributed by atoms with Gasteiger partial charge < -0.3 is 30.2 Å². The van der Waals surface area contributed by atoms with Gasteiger partial charge in [0, 0.05) is 30.0 Å². The number of H-pyrrole nitrogens is 1. The third kappa shape index (κ3) is 3.90. The number of aromatic nitrogens is 2. The Kier molecular flexibility index (Phi) is 5.98. The quantitative estimate of drug-likeness (QED) is 0.291. The standard InChI is InChI=1S/C26H27FN4O3/c1-33-22-5-3-4-16-15(14-30-25(16)22)10-12-28-19-7-8-20(26(34-2)23(19)27)31-18-11-13-29-24-17(18)6-9-21(24)32/h3-5,7-8,11,13-14,21,28,30,32H,6,9-10,12H2,1-2H3,(H,29,31)/t21-/m0/s1. The molecule has 4 aromatic rings. The number of ether oxygens (including phenoxy) is 2. The summed E-state index contributed by atoms with van der Waals surface area (Å²) in [6.45, 7) is 0.548. The van der Waals surface area contributed by atoms with Crippen molar-refractivity contribution < 1.29 is 19.0 Å². The Morgan fingerprint density at radius 3 is 2.79 bits per heavy atom. The number of halogens is 1. The fourth-order valence-corrected chi connectivity index (χ4v) is 4.62. The molecule has 1 aliphatic carbocycles. The third-order valence-corrected chi connectivity index (χ3v) is 6.34. The summed E-state index contributed by atoms with van der Waals surface area (Å²) in [5, 5.41) is 17.6. The van der Waals surface area contributed by atoms with Crippen molar-refractivity contribution in [1.29, 1.82) is 0 Å². The van der Waals surface area contributed by atoms with Crippen molar-refractivity contribution in [3.63, 3.8) is 0 Å². The molecule has 0 saturated carbocycles. The Hall–Kier alpha value is -3.78. The van der Waals surface area contributed by atoms with Gasteiger partial charge in [-0.3, -0.25) is 4.98 Å². The lowest BCUT2D eigenvalue weighted by molar-refractivity contribution is 0.176. The lowest BCUT2D eigenvalue weighted by atomic mass is 10.1. The first-order valence-corrected chi connectivity index (χ1v) is 11.3. The van der Waals surface area contributed by atoms with Crippen LogP contribution >= 0.6 is 0 Å². The first-order valence-electron chi connectivity index (χ1n) is 11.3. The largest absolute Gasteiger partial charge is 0.495 e. The van der Waals surface area contributed by atoms with Crippen LogP contribution in [0.5, 0.6) is 11.5 Å². The highest BCUT2D eigenvalue weighted by molar-refractivity contribution is 5.88. The molecule has 0 bridgehead atoms. The topological polar surface area (TPSA) is 91.4 Å². The molecule has 8 heteroatoms. The van der Waals surface area contributed by atoms with Crippen LogP contribution in [0.2, 0.25) is 0 Å². The molecule has 0 amide bonds. The summed E-state index contributed by atoms with van der Waals surface area (Å²) in [6.07, 6.45) is 5.12. The molecule has 2 aromatic carbocycles. The molecule has 1 aliphatic rings. The molecule has 0 unspecified atom stereocenters. The van der Waals surface area contributed by atoms with E-state index in [0.717, 1.165) is 39.9 Å². The van der Waals surface area contributed by atoms with Gasteiger partial charge in [-0.1, -0.05) is 12.1 Å². The van der Waals surface area contributed by atoms with Gasteiger partial charge in [0.15, 0.2) is 11.6 Å². The van der Waals surface area contributed by atoms with Crippen LogP contribution in [0.15, 0.2) is 48.8 Å². The van der Waals surface area contributed by atoms with Gasteiger partial charge in [-0.05, 0) is 54.7 Å². The third-order valence-electron chi connectivity index (χ3n) is 6.34. The monoisotopic (exact) mass is 462 g/mol. The molecule has 34 heavy (non-hydrogen) atoms. The van der Waals surface area contributed by atoms with Crippen LogP contribution in [-0.4, -0.2) is 35.8 Å². The molecule has 1 atom stereocenters. The van der Waals surface area contributed by atoms with E-state index in [1.54, 1.807) is 25.4 Å². The molecule has 4 N–H and O–H groups in total. The zero-order valence-electron chi connectivity index (χ0n) is 19.1. The maximum atomic E-state index is 15.3. The van der Waals surface area contributed by atoms with Crippen LogP contribution in [0.4, 0.5) is 21.5 Å². The minimum atomic E-state index is -0.555. The average Bonchev–Trinajstić information content (AvgIpc) is 3.45. The smallest absolute Gasteiger partial charge is 0.190 e. The number of anilines is 3. The Morgan fingerprint density at radius 1 is 1.12 bits per heavy atom. The van der Waals surface area contributed by atoms with Crippen molar-refractivity contribution >= 4 is 28.0 Å². The molecule has 0 fully saturated rings. The number of fused-ring (bicyclic) bond motifs is 2. The summed E-state index contributed by atoms with van der Waals surface area (Å²) >= 11 is 0. The predicted octanol–water partition coefficient (Wildman–Crippen LogP) is 5.10. The van der Waals surface area contributed by atoms with Gasteiger partial charge in [-0.25, -0.2) is 4.39 Å². The molecule has 2 heterocycles. The molecule has 2 aromatic heterocycles. The first kappa shape index (κ1) is 22.0. The number of rotatable bonds is 8. The second kappa shape index (κ2) is 9.23. The number of aromatic amines is 1. The van der Waals surface area contributed by atoms with Gasteiger partial charge >= 0.3 is 0 Å². The van der Waals surface area contributed by atoms with E-state index in [9.17, 15) is 5.11 Å². The highest BCUT2D eigenvalue weighted by Gasteiger charge is 2.25. The van der Waals surface area contributed by atoms with Crippen molar-refractivity contribution in [2.45, 2.75) is 25.4 Å². The second-order valence-corrected chi connectivity index (χ2v) is 8.28. The van der Waals surface area contributed by atoms with Crippen molar-refractivity contribution in [1.82, 2.24) is 9.97 Å². The van der Waals surface area contributed by atoms with Gasteiger partial charge in [0.2, 0.25) is 0 Å². The van der Waals surface area contributed by atoms with Crippen LogP contribution in [0.1, 0.15) is 29.3 Å². The van der Waals surface area contributed by atoms with Gasteiger partial charge in [0.05, 0.1) is 42.9 Å². The van der Waals surface area contributed by atoms with Gasteiger partial charge in [0.1, 0.15) is 5.75 Å². The molecule has 0 aliphatic heterocycles. The fraction of sp³-hybridized carbons (Fsp3) is 0.269. The minimum absolute atomic E-state index is 0.130. The molecular formula is C26H27FN4O3. The zero-order chi connectivity index (χ0) is 23.7. The summed E-state index contributed by atoms with van der Waals surface area (Å²) in [7, 11) is 3.10. The summed E-state index contributed by atoms with van der Waals surface area (Å²) in [5.74, 6) is 0.467. The molecule has 0 spiro atoms. The molecule has 0 saturated heterocycles. The number of hydrogen-bond donors (Lipinski definition) is 4. The lowest BCUT2D eigenvalue weighted by Crippen LogP contribution is -2.08. The van der Waals surface area contributed by atoms with Crippen LogP contribution < -0.4 is 20.1 Å². The molecule has 5 rings (SSSR count). The fourth-order valence-electron chi connectivity index (χ4n) is 4.62.